The third-order valence-corrected chi connectivity index (χ3v) is 5.62. The molecule has 3 atom stereocenters. The second-order valence-corrected chi connectivity index (χ2v) is 7.34. The number of ether oxygens (including phenoxy) is 1. The van der Waals surface area contributed by atoms with E-state index >= 15 is 0 Å². The summed E-state index contributed by atoms with van der Waals surface area (Å²) >= 11 is 6.04. The van der Waals surface area contributed by atoms with Gasteiger partial charge < -0.3 is 25.5 Å². The molecular weight excluding hydrogens is 398 g/mol. The van der Waals surface area contributed by atoms with Gasteiger partial charge in [-0.2, -0.15) is 0 Å². The van der Waals surface area contributed by atoms with Gasteiger partial charge in [-0.25, -0.2) is 14.8 Å². The number of H-pyrrole nitrogens is 1. The smallest absolute Gasteiger partial charge is 0.335 e. The van der Waals surface area contributed by atoms with E-state index in [1.807, 2.05) is 11.8 Å². The summed E-state index contributed by atoms with van der Waals surface area (Å²) in [5.41, 5.74) is 7.16. The van der Waals surface area contributed by atoms with Gasteiger partial charge in [0, 0.05) is 32.3 Å². The molecule has 2 unspecified atom stereocenters. The first-order valence-electron chi connectivity index (χ1n) is 9.37. The molecule has 9 nitrogen and oxygen atoms in total. The minimum atomic E-state index is -1.01. The van der Waals surface area contributed by atoms with Gasteiger partial charge in [0.15, 0.2) is 11.0 Å². The van der Waals surface area contributed by atoms with Crippen molar-refractivity contribution in [3.63, 3.8) is 0 Å². The van der Waals surface area contributed by atoms with Gasteiger partial charge in [-0.05, 0) is 25.0 Å². The number of rotatable bonds is 7. The van der Waals surface area contributed by atoms with Gasteiger partial charge in [0.2, 0.25) is 5.78 Å². The molecule has 1 aliphatic heterocycles. The van der Waals surface area contributed by atoms with E-state index in [-0.39, 0.29) is 34.3 Å². The zero-order valence-electron chi connectivity index (χ0n) is 16.3. The van der Waals surface area contributed by atoms with Crippen molar-refractivity contribution in [2.24, 2.45) is 11.7 Å². The Balaban J connectivity index is 1.74. The molecule has 29 heavy (non-hydrogen) atoms. The van der Waals surface area contributed by atoms with Gasteiger partial charge in [-0.1, -0.05) is 18.5 Å². The number of carbonyl (C=O) groups excluding carboxylic acids is 1. The van der Waals surface area contributed by atoms with Crippen molar-refractivity contribution in [3.8, 4) is 0 Å². The number of nitrogens with one attached hydrogen (secondary N) is 1. The Morgan fingerprint density at radius 2 is 2.28 bits per heavy atom. The van der Waals surface area contributed by atoms with Gasteiger partial charge in [0.1, 0.15) is 5.82 Å². The van der Waals surface area contributed by atoms with Crippen LogP contribution in [0.4, 0.5) is 5.82 Å². The van der Waals surface area contributed by atoms with E-state index in [0.29, 0.717) is 37.4 Å². The fourth-order valence-electron chi connectivity index (χ4n) is 3.62. The fraction of sp³-hybridized carbons (Fsp3) is 0.474. The number of anilines is 1. The maximum atomic E-state index is 12.8. The third-order valence-electron chi connectivity index (χ3n) is 5.31. The number of carboxylic acids is 1. The van der Waals surface area contributed by atoms with Crippen molar-refractivity contribution in [1.82, 2.24) is 15.0 Å². The molecule has 1 aliphatic rings. The monoisotopic (exact) mass is 421 g/mol. The van der Waals surface area contributed by atoms with Crippen molar-refractivity contribution in [2.45, 2.75) is 31.9 Å². The first-order chi connectivity index (χ1) is 13.8. The van der Waals surface area contributed by atoms with Crippen molar-refractivity contribution < 1.29 is 19.4 Å². The van der Waals surface area contributed by atoms with E-state index in [9.17, 15) is 14.7 Å². The van der Waals surface area contributed by atoms with Crippen molar-refractivity contribution in [1.29, 1.82) is 0 Å². The number of carboxylic acid groups (broad SMARTS) is 1. The Hall–Kier alpha value is -2.49. The quantitative estimate of drug-likeness (QED) is 0.575. The number of carbonyl (C=O) groups is 2. The van der Waals surface area contributed by atoms with Gasteiger partial charge in [0.25, 0.3) is 0 Å². The van der Waals surface area contributed by atoms with Crippen molar-refractivity contribution in [2.75, 3.05) is 25.1 Å². The number of imidazole rings is 1. The number of halogens is 1. The summed E-state index contributed by atoms with van der Waals surface area (Å²) in [7, 11) is 1.57. The molecule has 4 N–H and O–H groups in total. The van der Waals surface area contributed by atoms with E-state index in [2.05, 4.69) is 15.0 Å². The van der Waals surface area contributed by atoms with E-state index in [0.717, 1.165) is 0 Å². The second-order valence-electron chi connectivity index (χ2n) is 6.98. The number of aromatic nitrogens is 3. The predicted molar refractivity (Wildman–Crippen MR) is 108 cm³/mol. The average Bonchev–Trinajstić information content (AvgIpc) is 3.12. The summed E-state index contributed by atoms with van der Waals surface area (Å²) in [5, 5.41) is 9.47. The first kappa shape index (κ1) is 21.2. The molecule has 2 aromatic heterocycles. The Kier molecular flexibility index (Phi) is 6.51. The summed E-state index contributed by atoms with van der Waals surface area (Å²) in [6, 6.07) is 2.17. The predicted octanol–water partition coefficient (Wildman–Crippen LogP) is 1.77. The molecule has 0 bridgehead atoms. The lowest BCUT2D eigenvalue weighted by molar-refractivity contribution is 0.0303. The highest BCUT2D eigenvalue weighted by molar-refractivity contribution is 6.30. The molecular formula is C19H24ClN5O4. The van der Waals surface area contributed by atoms with E-state index in [4.69, 9.17) is 22.1 Å². The van der Waals surface area contributed by atoms with Crippen LogP contribution in [0.15, 0.2) is 18.3 Å². The summed E-state index contributed by atoms with van der Waals surface area (Å²) in [4.78, 5) is 37.3. The molecule has 156 valence electrons. The third kappa shape index (κ3) is 4.42. The van der Waals surface area contributed by atoms with Gasteiger partial charge in [-0.3, -0.25) is 4.79 Å². The summed E-state index contributed by atoms with van der Waals surface area (Å²) in [5.74, 6) is -0.829. The maximum absolute atomic E-state index is 12.8. The number of aromatic carboxylic acids is 1. The highest BCUT2D eigenvalue weighted by Gasteiger charge is 2.38. The Morgan fingerprint density at radius 1 is 1.52 bits per heavy atom. The largest absolute Gasteiger partial charge is 0.478 e. The molecule has 0 radical (unpaired) electrons. The lowest BCUT2D eigenvalue weighted by Gasteiger charge is -2.40. The molecule has 0 saturated carbocycles. The molecule has 0 spiro atoms. The van der Waals surface area contributed by atoms with Crippen LogP contribution in [0, 0.1) is 5.92 Å². The minimum absolute atomic E-state index is 0.160. The number of aromatic amines is 1. The number of hydrogen-bond acceptors (Lipinski definition) is 7. The molecule has 1 saturated heterocycles. The summed E-state index contributed by atoms with van der Waals surface area (Å²) < 4.78 is 5.62. The SMILES string of the molecule is CCc1[nH]c(C(=O)C(N)C2CCN(c3cc(C(=O)O)ccn3)C[C@@H]2OC)nc1Cl. The van der Waals surface area contributed by atoms with Crippen LogP contribution in [0.5, 0.6) is 0 Å². The Bertz CT molecular complexity index is 902. The molecule has 1 fully saturated rings. The molecule has 10 heteroatoms. The molecule has 0 aromatic carbocycles. The van der Waals surface area contributed by atoms with Crippen molar-refractivity contribution in [3.05, 3.63) is 40.6 Å². The van der Waals surface area contributed by atoms with E-state index in [1.54, 1.807) is 7.11 Å². The summed E-state index contributed by atoms with van der Waals surface area (Å²) in [6.45, 7) is 2.93. The zero-order chi connectivity index (χ0) is 21.1. The van der Waals surface area contributed by atoms with Gasteiger partial charge in [-0.15, -0.1) is 0 Å². The molecule has 0 amide bonds. The molecule has 3 rings (SSSR count). The van der Waals surface area contributed by atoms with Crippen LogP contribution < -0.4 is 10.6 Å². The van der Waals surface area contributed by atoms with Gasteiger partial charge >= 0.3 is 5.97 Å². The normalized spacial score (nSPS) is 20.5. The number of nitrogens with two attached hydrogens (primary N) is 1. The standard InChI is InChI=1S/C19H24ClN5O4/c1-3-12-17(20)24-18(23-12)16(26)15(21)11-5-7-25(9-13(11)29-2)14-8-10(19(27)28)4-6-22-14/h4,6,8,11,13,15H,3,5,7,9,21H2,1-2H3,(H,23,24)(H,27,28)/t11?,13-,15?/m0/s1. The van der Waals surface area contributed by atoms with Crippen LogP contribution in [-0.4, -0.2) is 64.2 Å². The lowest BCUT2D eigenvalue weighted by Crippen LogP contribution is -2.53. The highest BCUT2D eigenvalue weighted by Crippen LogP contribution is 2.27. The number of hydrogen-bond donors (Lipinski definition) is 3. The van der Waals surface area contributed by atoms with Gasteiger partial charge in [0.05, 0.1) is 23.4 Å². The Labute approximate surface area is 173 Å². The number of methoxy groups -OCH3 is 1. The van der Waals surface area contributed by atoms with Crippen molar-refractivity contribution >= 4 is 29.2 Å². The first-order valence-corrected chi connectivity index (χ1v) is 9.74. The van der Waals surface area contributed by atoms with E-state index < -0.39 is 12.0 Å². The zero-order valence-corrected chi connectivity index (χ0v) is 17.0. The lowest BCUT2D eigenvalue weighted by atomic mass is 9.85. The van der Waals surface area contributed by atoms with Crippen LogP contribution in [0.25, 0.3) is 0 Å². The average molecular weight is 422 g/mol. The van der Waals surface area contributed by atoms with Crippen LogP contribution in [0.1, 0.15) is 40.0 Å². The Morgan fingerprint density at radius 3 is 2.90 bits per heavy atom. The number of nitrogens with zero attached hydrogens (tertiary/aromatic N) is 3. The van der Waals surface area contributed by atoms with Crippen LogP contribution in [0.3, 0.4) is 0 Å². The minimum Gasteiger partial charge on any atom is -0.478 e. The molecule has 2 aromatic rings. The number of piperidine rings is 1. The fourth-order valence-corrected chi connectivity index (χ4v) is 3.88. The van der Waals surface area contributed by atoms with Crippen LogP contribution >= 0.6 is 11.6 Å². The number of Topliss-reactive ketones (excluding diaryl/α,β-unsaturated/α-hetero) is 1. The number of pyridine rings is 1. The highest BCUT2D eigenvalue weighted by atomic mass is 35.5. The topological polar surface area (TPSA) is 134 Å². The molecule has 0 aliphatic carbocycles. The molecule has 3 heterocycles. The van der Waals surface area contributed by atoms with Crippen LogP contribution in [-0.2, 0) is 11.2 Å². The van der Waals surface area contributed by atoms with Crippen LogP contribution in [0.2, 0.25) is 5.15 Å². The van der Waals surface area contributed by atoms with E-state index in [1.165, 1.54) is 18.3 Å². The number of ketones is 1. The number of aryl methyl sites for hydroxylation is 1. The summed E-state index contributed by atoms with van der Waals surface area (Å²) in [6.07, 6.45) is 2.36. The maximum Gasteiger partial charge on any atom is 0.335 e. The second kappa shape index (κ2) is 8.89.